The van der Waals surface area contributed by atoms with Crippen molar-refractivity contribution >= 4 is 21.5 Å². The number of hydrogen-bond acceptors (Lipinski definition) is 0. The van der Waals surface area contributed by atoms with Crippen LogP contribution in [0.4, 0.5) is 8.78 Å². The van der Waals surface area contributed by atoms with Gasteiger partial charge in [-0.15, -0.1) is 0 Å². The Hall–Kier alpha value is -1.96. The van der Waals surface area contributed by atoms with Crippen LogP contribution in [0.5, 0.6) is 0 Å². The molecule has 2 atom stereocenters. The van der Waals surface area contributed by atoms with Crippen LogP contribution in [0, 0.1) is 0 Å². The van der Waals surface area contributed by atoms with E-state index in [1.165, 1.54) is 0 Å². The van der Waals surface area contributed by atoms with Crippen LogP contribution in [0.2, 0.25) is 0 Å². The summed E-state index contributed by atoms with van der Waals surface area (Å²) in [4.78, 5) is 0. The number of halogens is 2. The number of benzene rings is 3. The Balaban J connectivity index is 2.16. The molecule has 3 aromatic carbocycles. The first kappa shape index (κ1) is 18.8. The van der Waals surface area contributed by atoms with Crippen LogP contribution in [-0.4, -0.2) is 0 Å². The summed E-state index contributed by atoms with van der Waals surface area (Å²) < 4.78 is 29.8. The van der Waals surface area contributed by atoms with Crippen molar-refractivity contribution in [3.8, 4) is 0 Å². The molecule has 0 N–H and O–H groups in total. The summed E-state index contributed by atoms with van der Waals surface area (Å²) in [6, 6.07) is 15.7. The number of alkyl halides is 2. The average molecular weight is 354 g/mol. The van der Waals surface area contributed by atoms with Gasteiger partial charge in [0.1, 0.15) is 12.3 Å². The van der Waals surface area contributed by atoms with Crippen molar-refractivity contribution in [2.45, 2.75) is 64.7 Å². The van der Waals surface area contributed by atoms with Crippen LogP contribution in [0.3, 0.4) is 0 Å². The molecular weight excluding hydrogens is 326 g/mol. The normalized spacial score (nSPS) is 14.0. The predicted octanol–water partition coefficient (Wildman–Crippen LogP) is 8.39. The van der Waals surface area contributed by atoms with Gasteiger partial charge in [-0.05, 0) is 57.6 Å². The van der Waals surface area contributed by atoms with Gasteiger partial charge >= 0.3 is 0 Å². The Morgan fingerprint density at radius 1 is 0.692 bits per heavy atom. The second-order valence-electron chi connectivity index (χ2n) is 7.21. The largest absolute Gasteiger partial charge is 0.242 e. The minimum Gasteiger partial charge on any atom is -0.242 e. The van der Waals surface area contributed by atoms with Crippen LogP contribution in [0.15, 0.2) is 48.5 Å². The van der Waals surface area contributed by atoms with E-state index in [0.29, 0.717) is 24.0 Å². The molecule has 3 rings (SSSR count). The molecule has 0 aliphatic heterocycles. The fraction of sp³-hybridized carbons (Fsp3) is 0.417. The second kappa shape index (κ2) is 8.62. The lowest BCUT2D eigenvalue weighted by Crippen LogP contribution is -1.99. The van der Waals surface area contributed by atoms with E-state index in [4.69, 9.17) is 0 Å². The zero-order valence-corrected chi connectivity index (χ0v) is 15.8. The smallest absolute Gasteiger partial charge is 0.126 e. The summed E-state index contributed by atoms with van der Waals surface area (Å²) in [6.07, 6.45) is 2.72. The molecule has 0 fully saturated rings. The molecule has 0 saturated carbocycles. The van der Waals surface area contributed by atoms with Gasteiger partial charge in [0.2, 0.25) is 0 Å². The third-order valence-electron chi connectivity index (χ3n) is 5.25. The van der Waals surface area contributed by atoms with E-state index in [9.17, 15) is 8.78 Å². The number of rotatable bonds is 8. The van der Waals surface area contributed by atoms with Gasteiger partial charge < -0.3 is 0 Å². The van der Waals surface area contributed by atoms with Gasteiger partial charge in [-0.1, -0.05) is 75.9 Å². The molecule has 3 aromatic rings. The first-order valence-corrected chi connectivity index (χ1v) is 9.89. The molecule has 2 unspecified atom stereocenters. The van der Waals surface area contributed by atoms with Crippen molar-refractivity contribution in [1.29, 1.82) is 0 Å². The van der Waals surface area contributed by atoms with Crippen LogP contribution in [-0.2, 0) is 0 Å². The van der Waals surface area contributed by atoms with Crippen molar-refractivity contribution in [1.82, 2.24) is 0 Å². The third-order valence-corrected chi connectivity index (χ3v) is 5.25. The summed E-state index contributed by atoms with van der Waals surface area (Å²) in [5.74, 6) is 0. The van der Waals surface area contributed by atoms with Gasteiger partial charge in [0, 0.05) is 0 Å². The second-order valence-corrected chi connectivity index (χ2v) is 7.21. The highest BCUT2D eigenvalue weighted by atomic mass is 19.1. The molecule has 0 aliphatic carbocycles. The minimum absolute atomic E-state index is 0.520. The molecular formula is C24H28F2. The fourth-order valence-corrected chi connectivity index (χ4v) is 3.70. The fourth-order valence-electron chi connectivity index (χ4n) is 3.70. The van der Waals surface area contributed by atoms with E-state index in [0.717, 1.165) is 47.2 Å². The van der Waals surface area contributed by atoms with Crippen molar-refractivity contribution in [3.63, 3.8) is 0 Å². The maximum Gasteiger partial charge on any atom is 0.126 e. The zero-order valence-electron chi connectivity index (χ0n) is 15.8. The Morgan fingerprint density at radius 3 is 1.50 bits per heavy atom. The van der Waals surface area contributed by atoms with Crippen molar-refractivity contribution in [3.05, 3.63) is 59.7 Å². The van der Waals surface area contributed by atoms with Crippen molar-refractivity contribution in [2.75, 3.05) is 0 Å². The number of hydrogen-bond donors (Lipinski definition) is 0. The lowest BCUT2D eigenvalue weighted by Gasteiger charge is -2.17. The molecule has 2 heteroatoms. The Bertz CT molecular complexity index is 797. The standard InChI is InChI=1S/C24H28F2/c1-3-5-11-23(25)19-13-14-20(24(26)12-6-4-2)22-16-18-10-8-7-9-17(18)15-21(19)22/h7-10,13-16,23-24H,3-6,11-12H2,1-2H3. The molecule has 26 heavy (non-hydrogen) atoms. The topological polar surface area (TPSA) is 0 Å². The maximum absolute atomic E-state index is 14.9. The molecule has 0 radical (unpaired) electrons. The molecule has 0 bridgehead atoms. The van der Waals surface area contributed by atoms with Gasteiger partial charge in [0.25, 0.3) is 0 Å². The molecule has 0 heterocycles. The van der Waals surface area contributed by atoms with Gasteiger partial charge in [-0.2, -0.15) is 0 Å². The third kappa shape index (κ3) is 3.90. The van der Waals surface area contributed by atoms with Crippen LogP contribution < -0.4 is 0 Å². The molecule has 0 saturated heterocycles. The van der Waals surface area contributed by atoms with Gasteiger partial charge in [-0.3, -0.25) is 0 Å². The van der Waals surface area contributed by atoms with Crippen molar-refractivity contribution in [2.24, 2.45) is 0 Å². The molecule has 0 spiro atoms. The van der Waals surface area contributed by atoms with E-state index in [-0.39, 0.29) is 0 Å². The van der Waals surface area contributed by atoms with Gasteiger partial charge in [0.05, 0.1) is 0 Å². The zero-order chi connectivity index (χ0) is 18.5. The van der Waals surface area contributed by atoms with E-state index < -0.39 is 12.3 Å². The van der Waals surface area contributed by atoms with E-state index in [1.54, 1.807) is 0 Å². The van der Waals surface area contributed by atoms with Crippen molar-refractivity contribution < 1.29 is 8.78 Å². The highest BCUT2D eigenvalue weighted by Gasteiger charge is 2.19. The summed E-state index contributed by atoms with van der Waals surface area (Å²) in [5.41, 5.74) is 1.40. The number of unbranched alkanes of at least 4 members (excludes halogenated alkanes) is 2. The highest BCUT2D eigenvalue weighted by molar-refractivity contribution is 6.01. The minimum atomic E-state index is -0.999. The summed E-state index contributed by atoms with van der Waals surface area (Å²) in [5, 5.41) is 3.88. The summed E-state index contributed by atoms with van der Waals surface area (Å²) in [7, 11) is 0. The maximum atomic E-state index is 14.9. The van der Waals surface area contributed by atoms with E-state index >= 15 is 0 Å². The molecule has 0 aromatic heterocycles. The highest BCUT2D eigenvalue weighted by Crippen LogP contribution is 2.38. The average Bonchev–Trinajstić information content (AvgIpc) is 2.67. The monoisotopic (exact) mass is 354 g/mol. The van der Waals surface area contributed by atoms with Crippen LogP contribution in [0.1, 0.15) is 75.8 Å². The summed E-state index contributed by atoms with van der Waals surface area (Å²) in [6.45, 7) is 4.14. The Labute approximate surface area is 155 Å². The molecule has 138 valence electrons. The molecule has 0 aliphatic rings. The Morgan fingerprint density at radius 2 is 1.12 bits per heavy atom. The first-order chi connectivity index (χ1) is 12.7. The lowest BCUT2D eigenvalue weighted by atomic mass is 9.90. The Kier molecular flexibility index (Phi) is 6.24. The predicted molar refractivity (Wildman–Crippen MR) is 108 cm³/mol. The molecule has 0 amide bonds. The lowest BCUT2D eigenvalue weighted by molar-refractivity contribution is 0.314. The van der Waals surface area contributed by atoms with Crippen LogP contribution in [0.25, 0.3) is 21.5 Å². The summed E-state index contributed by atoms with van der Waals surface area (Å²) >= 11 is 0. The van der Waals surface area contributed by atoms with E-state index in [2.05, 4.69) is 13.8 Å². The van der Waals surface area contributed by atoms with E-state index in [1.807, 2.05) is 48.5 Å². The quantitative estimate of drug-likeness (QED) is 0.356. The molecule has 0 nitrogen and oxygen atoms in total. The number of fused-ring (bicyclic) bond motifs is 2. The van der Waals surface area contributed by atoms with Gasteiger partial charge in [0.15, 0.2) is 0 Å². The van der Waals surface area contributed by atoms with Gasteiger partial charge in [-0.25, -0.2) is 8.78 Å². The van der Waals surface area contributed by atoms with Crippen LogP contribution >= 0.6 is 0 Å². The SMILES string of the molecule is CCCCC(F)c1ccc(C(F)CCCC)c2cc3ccccc3cc12. The first-order valence-electron chi connectivity index (χ1n) is 9.89.